The molecule has 1 aromatic heterocycles. The Morgan fingerprint density at radius 2 is 1.30 bits per heavy atom. The molecule has 6 rings (SSSR count). The number of rotatable bonds is 10. The number of benzene rings is 5. The standard InChI is InChI=1S/C34H29N9S/c1-3-22(2)36-30-16-17-32(27-9-5-4-8-26(27)30)41-42-33-19-18-31(28-10-6-7-11-29(28)33)40-38-23-12-14-24(15-13-23)39-43-34-37-25(20-35)21-44-34/h4-19,21-22,36,39H,3H2,1-2H3,(H,37,43)/b40-38+,42-41+. The van der Waals surface area contributed by atoms with Crippen LogP contribution in [-0.2, 0) is 0 Å². The molecule has 0 fully saturated rings. The number of hydrogen-bond donors (Lipinski definition) is 3. The second-order valence-corrected chi connectivity index (χ2v) is 11.0. The van der Waals surface area contributed by atoms with Gasteiger partial charge in [-0.3, -0.25) is 10.9 Å². The van der Waals surface area contributed by atoms with Crippen LogP contribution in [0.1, 0.15) is 26.0 Å². The van der Waals surface area contributed by atoms with Crippen molar-refractivity contribution in [2.45, 2.75) is 26.3 Å². The van der Waals surface area contributed by atoms with Gasteiger partial charge in [0.15, 0.2) is 5.69 Å². The van der Waals surface area contributed by atoms with E-state index in [0.717, 1.165) is 56.4 Å². The van der Waals surface area contributed by atoms with Crippen molar-refractivity contribution in [3.05, 3.63) is 108 Å². The van der Waals surface area contributed by atoms with Crippen molar-refractivity contribution >= 4 is 72.1 Å². The van der Waals surface area contributed by atoms with Crippen LogP contribution in [0.25, 0.3) is 21.5 Å². The molecule has 0 saturated carbocycles. The molecular weight excluding hydrogens is 567 g/mol. The Kier molecular flexibility index (Phi) is 8.48. The zero-order chi connectivity index (χ0) is 30.3. The highest BCUT2D eigenvalue weighted by Gasteiger charge is 2.09. The summed E-state index contributed by atoms with van der Waals surface area (Å²) in [6.45, 7) is 4.36. The maximum Gasteiger partial charge on any atom is 0.202 e. The molecule has 9 nitrogen and oxygen atoms in total. The van der Waals surface area contributed by atoms with Crippen LogP contribution in [0.5, 0.6) is 0 Å². The normalized spacial score (nSPS) is 12.1. The van der Waals surface area contributed by atoms with E-state index in [0.29, 0.717) is 22.6 Å². The third-order valence-electron chi connectivity index (χ3n) is 7.13. The Labute approximate surface area is 259 Å². The lowest BCUT2D eigenvalue weighted by Gasteiger charge is -2.15. The van der Waals surface area contributed by atoms with Crippen LogP contribution in [0.15, 0.2) is 123 Å². The van der Waals surface area contributed by atoms with Crippen LogP contribution in [0.2, 0.25) is 0 Å². The van der Waals surface area contributed by atoms with Crippen LogP contribution in [0.4, 0.5) is 39.3 Å². The van der Waals surface area contributed by atoms with Gasteiger partial charge in [-0.05, 0) is 61.9 Å². The minimum Gasteiger partial charge on any atom is -0.382 e. The second kappa shape index (κ2) is 13.1. The Morgan fingerprint density at radius 1 is 0.727 bits per heavy atom. The first-order valence-electron chi connectivity index (χ1n) is 14.2. The first-order valence-corrected chi connectivity index (χ1v) is 15.1. The maximum absolute atomic E-state index is 8.92. The fourth-order valence-electron chi connectivity index (χ4n) is 4.64. The van der Waals surface area contributed by atoms with E-state index in [1.807, 2.05) is 84.9 Å². The van der Waals surface area contributed by atoms with Crippen LogP contribution < -0.4 is 16.2 Å². The molecule has 0 amide bonds. The van der Waals surface area contributed by atoms with Crippen molar-refractivity contribution in [1.29, 1.82) is 5.26 Å². The van der Waals surface area contributed by atoms with E-state index in [1.165, 1.54) is 11.3 Å². The number of fused-ring (bicyclic) bond motifs is 2. The Bertz CT molecular complexity index is 2020. The number of anilines is 3. The quantitative estimate of drug-likeness (QED) is 0.107. The predicted octanol–water partition coefficient (Wildman–Crippen LogP) is 10.8. The minimum absolute atomic E-state index is 0.376. The molecule has 1 heterocycles. The molecule has 1 atom stereocenters. The molecule has 0 aliphatic rings. The minimum atomic E-state index is 0.376. The Morgan fingerprint density at radius 3 is 1.89 bits per heavy atom. The molecule has 0 aliphatic heterocycles. The van der Waals surface area contributed by atoms with Crippen molar-refractivity contribution < 1.29 is 0 Å². The topological polar surface area (TPSA) is 122 Å². The molecule has 0 bridgehead atoms. The molecule has 0 spiro atoms. The van der Waals surface area contributed by atoms with Gasteiger partial charge in [0, 0.05) is 38.7 Å². The number of hydrogen-bond acceptors (Lipinski definition) is 10. The van der Waals surface area contributed by atoms with E-state index in [9.17, 15) is 0 Å². The first kappa shape index (κ1) is 28.5. The molecule has 0 radical (unpaired) electrons. The lowest BCUT2D eigenvalue weighted by atomic mass is 10.1. The van der Waals surface area contributed by atoms with Crippen LogP contribution >= 0.6 is 11.3 Å². The summed E-state index contributed by atoms with van der Waals surface area (Å²) >= 11 is 1.35. The Balaban J connectivity index is 1.21. The van der Waals surface area contributed by atoms with Gasteiger partial charge in [0.2, 0.25) is 5.13 Å². The predicted molar refractivity (Wildman–Crippen MR) is 180 cm³/mol. The first-order chi connectivity index (χ1) is 21.6. The average molecular weight is 596 g/mol. The third-order valence-corrected chi connectivity index (χ3v) is 7.89. The number of nitriles is 1. The SMILES string of the molecule is CCC(C)Nc1ccc(/N=N/c2ccc(/N=N/c3ccc(NNc4nc(C#N)cs4)cc3)c3ccccc23)c2ccccc12. The lowest BCUT2D eigenvalue weighted by molar-refractivity contribution is 0.765. The number of hydrazine groups is 1. The van der Waals surface area contributed by atoms with Crippen molar-refractivity contribution in [2.75, 3.05) is 16.2 Å². The van der Waals surface area contributed by atoms with Gasteiger partial charge in [-0.15, -0.1) is 26.7 Å². The lowest BCUT2D eigenvalue weighted by Crippen LogP contribution is -2.13. The number of nitrogens with one attached hydrogen (secondary N) is 3. The summed E-state index contributed by atoms with van der Waals surface area (Å²) in [4.78, 5) is 4.14. The molecule has 0 aliphatic carbocycles. The van der Waals surface area contributed by atoms with Gasteiger partial charge in [-0.1, -0.05) is 55.5 Å². The number of thiazole rings is 1. The summed E-state index contributed by atoms with van der Waals surface area (Å²) in [5.41, 5.74) is 11.4. The highest BCUT2D eigenvalue weighted by Crippen LogP contribution is 2.37. The molecule has 1 unspecified atom stereocenters. The molecular formula is C34H29N9S. The van der Waals surface area contributed by atoms with Gasteiger partial charge in [0.1, 0.15) is 6.07 Å². The van der Waals surface area contributed by atoms with Gasteiger partial charge in [-0.2, -0.15) is 10.4 Å². The Hall–Kier alpha value is -5.66. The monoisotopic (exact) mass is 595 g/mol. The third kappa shape index (κ3) is 6.38. The summed E-state index contributed by atoms with van der Waals surface area (Å²) in [6, 6.07) is 34.1. The van der Waals surface area contributed by atoms with Crippen molar-refractivity contribution in [3.63, 3.8) is 0 Å². The largest absolute Gasteiger partial charge is 0.382 e. The zero-order valence-electron chi connectivity index (χ0n) is 24.2. The summed E-state index contributed by atoms with van der Waals surface area (Å²) < 4.78 is 0. The van der Waals surface area contributed by atoms with E-state index in [4.69, 9.17) is 5.26 Å². The smallest absolute Gasteiger partial charge is 0.202 e. The molecule has 6 aromatic rings. The molecule has 3 N–H and O–H groups in total. The number of aromatic nitrogens is 1. The van der Waals surface area contributed by atoms with Crippen molar-refractivity contribution in [1.82, 2.24) is 4.98 Å². The average Bonchev–Trinajstić information content (AvgIpc) is 3.55. The summed E-state index contributed by atoms with van der Waals surface area (Å²) in [5.74, 6) is 0. The van der Waals surface area contributed by atoms with Crippen LogP contribution in [-0.4, -0.2) is 11.0 Å². The van der Waals surface area contributed by atoms with Crippen molar-refractivity contribution in [3.8, 4) is 6.07 Å². The molecule has 216 valence electrons. The van der Waals surface area contributed by atoms with E-state index < -0.39 is 0 Å². The van der Waals surface area contributed by atoms with E-state index in [-0.39, 0.29) is 0 Å². The van der Waals surface area contributed by atoms with Crippen LogP contribution in [0, 0.1) is 11.3 Å². The molecule has 10 heteroatoms. The molecule has 5 aromatic carbocycles. The van der Waals surface area contributed by atoms with Gasteiger partial charge >= 0.3 is 0 Å². The van der Waals surface area contributed by atoms with Gasteiger partial charge in [0.25, 0.3) is 0 Å². The summed E-state index contributed by atoms with van der Waals surface area (Å²) in [5, 5.41) is 37.3. The fraction of sp³-hybridized carbons (Fsp3) is 0.118. The van der Waals surface area contributed by atoms with E-state index in [1.54, 1.807) is 5.38 Å². The summed E-state index contributed by atoms with van der Waals surface area (Å²) in [6.07, 6.45) is 1.04. The number of azo groups is 2. The number of nitrogens with zero attached hydrogens (tertiary/aromatic N) is 6. The zero-order valence-corrected chi connectivity index (χ0v) is 25.0. The molecule has 44 heavy (non-hydrogen) atoms. The fourth-order valence-corrected chi connectivity index (χ4v) is 5.23. The highest BCUT2D eigenvalue weighted by atomic mass is 32.1. The van der Waals surface area contributed by atoms with E-state index in [2.05, 4.69) is 73.7 Å². The molecule has 0 saturated heterocycles. The maximum atomic E-state index is 8.92. The van der Waals surface area contributed by atoms with Crippen molar-refractivity contribution in [2.24, 2.45) is 20.5 Å². The highest BCUT2D eigenvalue weighted by molar-refractivity contribution is 7.13. The second-order valence-electron chi connectivity index (χ2n) is 10.1. The van der Waals surface area contributed by atoms with Gasteiger partial charge in [0.05, 0.1) is 28.4 Å². The van der Waals surface area contributed by atoms with Gasteiger partial charge < -0.3 is 5.32 Å². The van der Waals surface area contributed by atoms with Crippen LogP contribution in [0.3, 0.4) is 0 Å². The summed E-state index contributed by atoms with van der Waals surface area (Å²) in [7, 11) is 0. The van der Waals surface area contributed by atoms with Gasteiger partial charge in [-0.25, -0.2) is 4.98 Å². The van der Waals surface area contributed by atoms with E-state index >= 15 is 0 Å².